The number of ether oxygens (including phenoxy) is 1. The van der Waals surface area contributed by atoms with E-state index >= 15 is 0 Å². The Morgan fingerprint density at radius 2 is 2.24 bits per heavy atom. The number of hydrogen-bond donors (Lipinski definition) is 1. The third-order valence-corrected chi connectivity index (χ3v) is 2.46. The number of methoxy groups -OCH3 is 1. The molecule has 2 aromatic rings. The van der Waals surface area contributed by atoms with Gasteiger partial charge < -0.3 is 19.6 Å². The number of carbonyl (C=O) groups excluding carboxylic acids is 1. The summed E-state index contributed by atoms with van der Waals surface area (Å²) in [6.07, 6.45) is 0. The number of furan rings is 1. The van der Waals surface area contributed by atoms with Gasteiger partial charge in [0.05, 0.1) is 12.8 Å². The van der Waals surface area contributed by atoms with Crippen LogP contribution in [-0.2, 0) is 4.74 Å². The van der Waals surface area contributed by atoms with E-state index in [2.05, 4.69) is 4.74 Å². The summed E-state index contributed by atoms with van der Waals surface area (Å²) in [5.74, 6) is -0.145. The lowest BCUT2D eigenvalue weighted by molar-refractivity contribution is 0.0600. The molecule has 0 spiro atoms. The monoisotopic (exact) mass is 236 g/mol. The van der Waals surface area contributed by atoms with Gasteiger partial charge in [-0.15, -0.1) is 0 Å². The lowest BCUT2D eigenvalue weighted by atomic mass is 10.1. The molecule has 0 fully saturated rings. The normalized spacial score (nSPS) is 10.6. The highest BCUT2D eigenvalue weighted by molar-refractivity contribution is 6.05. The van der Waals surface area contributed by atoms with Crippen molar-refractivity contribution in [1.82, 2.24) is 0 Å². The molecule has 0 bridgehead atoms. The second-order valence-electron chi connectivity index (χ2n) is 3.48. The summed E-state index contributed by atoms with van der Waals surface area (Å²) in [5, 5.41) is 19.7. The Bertz CT molecular complexity index is 572. The van der Waals surface area contributed by atoms with Crippen molar-refractivity contribution < 1.29 is 19.2 Å². The van der Waals surface area contributed by atoms with Gasteiger partial charge in [0.2, 0.25) is 0 Å². The van der Waals surface area contributed by atoms with E-state index in [9.17, 15) is 10.0 Å². The van der Waals surface area contributed by atoms with Crippen molar-refractivity contribution in [2.75, 3.05) is 12.3 Å². The molecule has 0 atom stereocenters. The van der Waals surface area contributed by atoms with Gasteiger partial charge in [-0.3, -0.25) is 5.21 Å². The van der Waals surface area contributed by atoms with E-state index in [0.717, 1.165) is 0 Å². The summed E-state index contributed by atoms with van der Waals surface area (Å²) in [5.41, 5.74) is 0.725. The zero-order chi connectivity index (χ0) is 12.6. The van der Waals surface area contributed by atoms with E-state index in [4.69, 9.17) is 9.62 Å². The van der Waals surface area contributed by atoms with E-state index in [1.54, 1.807) is 6.92 Å². The summed E-state index contributed by atoms with van der Waals surface area (Å²) < 4.78 is 9.98. The predicted octanol–water partition coefficient (Wildman–Crippen LogP) is 2.22. The van der Waals surface area contributed by atoms with E-state index < -0.39 is 5.97 Å². The van der Waals surface area contributed by atoms with E-state index in [1.807, 2.05) is 0 Å². The van der Waals surface area contributed by atoms with Crippen molar-refractivity contribution in [3.63, 3.8) is 0 Å². The van der Waals surface area contributed by atoms with Gasteiger partial charge >= 0.3 is 5.97 Å². The largest absolute Gasteiger partial charge is 0.733 e. The minimum atomic E-state index is -0.547. The Hall–Kier alpha value is -2.05. The minimum absolute atomic E-state index is 0.0171. The Morgan fingerprint density at radius 1 is 1.53 bits per heavy atom. The molecule has 1 N–H and O–H groups in total. The highest BCUT2D eigenvalue weighted by atomic mass is 16.8. The molecule has 90 valence electrons. The van der Waals surface area contributed by atoms with Gasteiger partial charge in [0.25, 0.3) is 0 Å². The predicted molar refractivity (Wildman–Crippen MR) is 59.9 cm³/mol. The first-order valence-corrected chi connectivity index (χ1v) is 4.82. The first-order chi connectivity index (χ1) is 8.04. The maximum absolute atomic E-state index is 11.6. The lowest BCUT2D eigenvalue weighted by Crippen LogP contribution is -2.07. The van der Waals surface area contributed by atoms with E-state index in [-0.39, 0.29) is 16.5 Å². The molecule has 17 heavy (non-hydrogen) atoms. The molecular weight excluding hydrogens is 226 g/mol. The molecule has 0 aliphatic carbocycles. The fourth-order valence-electron chi connectivity index (χ4n) is 1.68. The average molecular weight is 236 g/mol. The van der Waals surface area contributed by atoms with Crippen molar-refractivity contribution in [1.29, 1.82) is 0 Å². The maximum atomic E-state index is 11.6. The van der Waals surface area contributed by atoms with Crippen LogP contribution < -0.4 is 5.23 Å². The maximum Gasteiger partial charge on any atom is 0.342 e. The summed E-state index contributed by atoms with van der Waals surface area (Å²) in [4.78, 5) is 11.6. The van der Waals surface area contributed by atoms with Crippen LogP contribution in [0.5, 0.6) is 0 Å². The van der Waals surface area contributed by atoms with Crippen LogP contribution in [0.25, 0.3) is 11.0 Å². The molecule has 0 unspecified atom stereocenters. The van der Waals surface area contributed by atoms with Crippen molar-refractivity contribution in [3.05, 3.63) is 34.7 Å². The lowest BCUT2D eigenvalue weighted by Gasteiger charge is -2.21. The second-order valence-corrected chi connectivity index (χ2v) is 3.48. The van der Waals surface area contributed by atoms with Crippen molar-refractivity contribution in [2.45, 2.75) is 6.92 Å². The number of carbonyl (C=O) groups is 1. The minimum Gasteiger partial charge on any atom is -0.733 e. The van der Waals surface area contributed by atoms with Crippen LogP contribution in [0.4, 0.5) is 5.69 Å². The molecular formula is C11H10NO5-. The molecule has 1 aromatic carbocycles. The molecule has 0 saturated heterocycles. The number of benzene rings is 1. The third-order valence-electron chi connectivity index (χ3n) is 2.46. The first-order valence-electron chi connectivity index (χ1n) is 4.82. The van der Waals surface area contributed by atoms with Crippen molar-refractivity contribution in [3.8, 4) is 0 Å². The average Bonchev–Trinajstić information content (AvgIpc) is 2.62. The number of anilines is 1. The van der Waals surface area contributed by atoms with Crippen LogP contribution in [0.2, 0.25) is 0 Å². The number of aryl methyl sites for hydroxylation is 1. The van der Waals surface area contributed by atoms with Crippen LogP contribution in [0.1, 0.15) is 16.1 Å². The fraction of sp³-hybridized carbons (Fsp3) is 0.182. The summed E-state index contributed by atoms with van der Waals surface area (Å²) in [6.45, 7) is 1.62. The molecule has 0 aliphatic rings. The molecule has 0 radical (unpaired) electrons. The van der Waals surface area contributed by atoms with Crippen LogP contribution in [0.15, 0.2) is 22.6 Å². The summed E-state index contributed by atoms with van der Waals surface area (Å²) >= 11 is 0. The molecule has 6 heteroatoms. The summed E-state index contributed by atoms with van der Waals surface area (Å²) in [7, 11) is 1.26. The number of nitrogens with zero attached hydrogens (tertiary/aromatic N) is 1. The molecule has 1 aromatic heterocycles. The van der Waals surface area contributed by atoms with Gasteiger partial charge in [-0.05, 0) is 25.1 Å². The van der Waals surface area contributed by atoms with Crippen molar-refractivity contribution >= 4 is 22.6 Å². The first kappa shape index (κ1) is 11.4. The van der Waals surface area contributed by atoms with Gasteiger partial charge in [0.1, 0.15) is 16.9 Å². The van der Waals surface area contributed by atoms with Gasteiger partial charge in [-0.2, -0.15) is 0 Å². The van der Waals surface area contributed by atoms with Crippen LogP contribution in [0.3, 0.4) is 0 Å². The topological polar surface area (TPSA) is 86.0 Å². The molecule has 6 nitrogen and oxygen atoms in total. The van der Waals surface area contributed by atoms with Gasteiger partial charge in [-0.1, -0.05) is 0 Å². The summed E-state index contributed by atoms with van der Waals surface area (Å²) in [6, 6.07) is 4.26. The third kappa shape index (κ3) is 1.83. The second kappa shape index (κ2) is 4.08. The SMILES string of the molecule is COC(=O)c1c(C)oc2ccc(N([O-])O)cc12. The van der Waals surface area contributed by atoms with E-state index in [0.29, 0.717) is 16.7 Å². The molecule has 0 amide bonds. The Kier molecular flexibility index (Phi) is 2.74. The quantitative estimate of drug-likeness (QED) is 0.635. The van der Waals surface area contributed by atoms with Crippen LogP contribution in [-0.4, -0.2) is 18.3 Å². The Balaban J connectivity index is 2.69. The van der Waals surface area contributed by atoms with E-state index in [1.165, 1.54) is 25.3 Å². The van der Waals surface area contributed by atoms with Crippen LogP contribution >= 0.6 is 0 Å². The number of fused-ring (bicyclic) bond motifs is 1. The fourth-order valence-corrected chi connectivity index (χ4v) is 1.68. The van der Waals surface area contributed by atoms with Crippen LogP contribution in [0, 0.1) is 12.1 Å². The molecule has 1 heterocycles. The Labute approximate surface area is 96.5 Å². The zero-order valence-electron chi connectivity index (χ0n) is 9.26. The molecule has 0 saturated carbocycles. The van der Waals surface area contributed by atoms with Gasteiger partial charge in [0.15, 0.2) is 0 Å². The molecule has 0 aliphatic heterocycles. The van der Waals surface area contributed by atoms with Gasteiger partial charge in [-0.25, -0.2) is 4.79 Å². The number of hydrogen-bond acceptors (Lipinski definition) is 6. The highest BCUT2D eigenvalue weighted by Crippen LogP contribution is 2.29. The zero-order valence-corrected chi connectivity index (χ0v) is 9.26. The van der Waals surface area contributed by atoms with Gasteiger partial charge in [0, 0.05) is 5.39 Å². The smallest absolute Gasteiger partial charge is 0.342 e. The molecule has 2 rings (SSSR count). The highest BCUT2D eigenvalue weighted by Gasteiger charge is 2.18. The Morgan fingerprint density at radius 3 is 2.82 bits per heavy atom. The standard InChI is InChI=1S/C11H10NO5/c1-6-10(11(13)16-2)8-5-7(12(14)15)3-4-9(8)17-6/h3-5,14H,1-2H3/q-1. The number of rotatable bonds is 2. The number of esters is 1. The van der Waals surface area contributed by atoms with Crippen molar-refractivity contribution in [2.24, 2.45) is 0 Å².